The molecule has 1 aliphatic heterocycles. The van der Waals surface area contributed by atoms with E-state index in [1.807, 2.05) is 6.92 Å². The highest BCUT2D eigenvalue weighted by Crippen LogP contribution is 2.30. The minimum Gasteiger partial charge on any atom is -0.379 e. The van der Waals surface area contributed by atoms with Crippen molar-refractivity contribution >= 4 is 11.8 Å². The van der Waals surface area contributed by atoms with E-state index in [-0.39, 0.29) is 30.0 Å². The van der Waals surface area contributed by atoms with Gasteiger partial charge in [0, 0.05) is 7.11 Å². The van der Waals surface area contributed by atoms with E-state index in [9.17, 15) is 9.59 Å². The zero-order valence-corrected chi connectivity index (χ0v) is 12.9. The molecule has 2 amide bonds. The van der Waals surface area contributed by atoms with Crippen LogP contribution in [-0.4, -0.2) is 48.1 Å². The maximum atomic E-state index is 12.7. The van der Waals surface area contributed by atoms with Gasteiger partial charge in [-0.3, -0.25) is 9.59 Å². The number of carbonyl (C=O) groups excluding carboxylic acids is 2. The van der Waals surface area contributed by atoms with Crippen LogP contribution in [0.25, 0.3) is 0 Å². The van der Waals surface area contributed by atoms with E-state index in [4.69, 9.17) is 4.74 Å². The lowest BCUT2D eigenvalue weighted by Gasteiger charge is -2.42. The van der Waals surface area contributed by atoms with Crippen LogP contribution in [-0.2, 0) is 14.3 Å². The molecule has 1 N–H and O–H groups in total. The number of nitrogens with zero attached hydrogens (tertiary/aromatic N) is 1. The van der Waals surface area contributed by atoms with E-state index < -0.39 is 6.04 Å². The van der Waals surface area contributed by atoms with E-state index in [1.54, 1.807) is 12.0 Å². The normalized spacial score (nSPS) is 34.8. The summed E-state index contributed by atoms with van der Waals surface area (Å²) in [7, 11) is 1.69. The SMILES string of the molecule is COC1CCCC1N1C(=O)C(CC(C)C)NC(=O)C1C. The minimum atomic E-state index is -0.397. The summed E-state index contributed by atoms with van der Waals surface area (Å²) in [6, 6.07) is -0.730. The van der Waals surface area contributed by atoms with Crippen LogP contribution in [0, 0.1) is 5.92 Å². The first-order chi connectivity index (χ1) is 9.45. The van der Waals surface area contributed by atoms with Crippen molar-refractivity contribution in [1.82, 2.24) is 10.2 Å². The van der Waals surface area contributed by atoms with Crippen LogP contribution in [0.3, 0.4) is 0 Å². The highest BCUT2D eigenvalue weighted by Gasteiger charge is 2.45. The summed E-state index contributed by atoms with van der Waals surface area (Å²) in [6.07, 6.45) is 3.70. The van der Waals surface area contributed by atoms with Crippen molar-refractivity contribution in [3.8, 4) is 0 Å². The lowest BCUT2D eigenvalue weighted by molar-refractivity contribution is -0.154. The molecular weight excluding hydrogens is 256 g/mol. The molecule has 2 fully saturated rings. The molecule has 1 aliphatic carbocycles. The van der Waals surface area contributed by atoms with Gasteiger partial charge in [0.1, 0.15) is 12.1 Å². The van der Waals surface area contributed by atoms with Crippen LogP contribution in [0.2, 0.25) is 0 Å². The fraction of sp³-hybridized carbons (Fsp3) is 0.867. The van der Waals surface area contributed by atoms with Crippen LogP contribution in [0.1, 0.15) is 46.5 Å². The van der Waals surface area contributed by atoms with Gasteiger partial charge in [-0.25, -0.2) is 0 Å². The molecule has 5 nitrogen and oxygen atoms in total. The summed E-state index contributed by atoms with van der Waals surface area (Å²) in [5.41, 5.74) is 0. The van der Waals surface area contributed by atoms with E-state index in [0.29, 0.717) is 12.3 Å². The average molecular weight is 282 g/mol. The summed E-state index contributed by atoms with van der Waals surface area (Å²) in [5.74, 6) is 0.387. The third kappa shape index (κ3) is 2.82. The van der Waals surface area contributed by atoms with Crippen LogP contribution >= 0.6 is 0 Å². The van der Waals surface area contributed by atoms with Gasteiger partial charge in [0.2, 0.25) is 11.8 Å². The zero-order chi connectivity index (χ0) is 14.9. The first kappa shape index (κ1) is 15.3. The molecule has 2 aliphatic rings. The Bertz CT molecular complexity index is 383. The molecule has 0 spiro atoms. The Morgan fingerprint density at radius 1 is 1.35 bits per heavy atom. The molecule has 0 aromatic carbocycles. The number of hydrogen-bond acceptors (Lipinski definition) is 3. The number of nitrogens with one attached hydrogen (secondary N) is 1. The number of ether oxygens (including phenoxy) is 1. The van der Waals surface area contributed by atoms with E-state index in [1.165, 1.54) is 0 Å². The fourth-order valence-corrected chi connectivity index (χ4v) is 3.43. The minimum absolute atomic E-state index is 0.0444. The second kappa shape index (κ2) is 6.12. The predicted molar refractivity (Wildman–Crippen MR) is 76.1 cm³/mol. The van der Waals surface area contributed by atoms with Crippen molar-refractivity contribution in [2.75, 3.05) is 7.11 Å². The largest absolute Gasteiger partial charge is 0.379 e. The number of rotatable bonds is 4. The number of hydrogen-bond donors (Lipinski definition) is 1. The predicted octanol–water partition coefficient (Wildman–Crippen LogP) is 1.32. The molecule has 1 saturated heterocycles. The molecule has 0 bridgehead atoms. The third-order valence-electron chi connectivity index (χ3n) is 4.45. The molecule has 2 rings (SSSR count). The van der Waals surface area contributed by atoms with Gasteiger partial charge >= 0.3 is 0 Å². The highest BCUT2D eigenvalue weighted by molar-refractivity contribution is 5.97. The van der Waals surface area contributed by atoms with Crippen molar-refractivity contribution in [3.05, 3.63) is 0 Å². The summed E-state index contributed by atoms with van der Waals surface area (Å²) in [5, 5.41) is 2.86. The van der Waals surface area contributed by atoms with Crippen molar-refractivity contribution < 1.29 is 14.3 Å². The standard InChI is InChI=1S/C15H26N2O3/c1-9(2)8-11-15(19)17(10(3)14(18)16-11)12-6-5-7-13(12)20-4/h9-13H,5-8H2,1-4H3,(H,16,18). The van der Waals surface area contributed by atoms with Crippen LogP contribution in [0.4, 0.5) is 0 Å². The lowest BCUT2D eigenvalue weighted by atomic mass is 9.96. The van der Waals surface area contributed by atoms with Gasteiger partial charge in [-0.05, 0) is 38.5 Å². The quantitative estimate of drug-likeness (QED) is 0.846. The van der Waals surface area contributed by atoms with E-state index in [0.717, 1.165) is 19.3 Å². The number of methoxy groups -OCH3 is 1. The summed E-state index contributed by atoms with van der Waals surface area (Å²) >= 11 is 0. The molecule has 4 unspecified atom stereocenters. The van der Waals surface area contributed by atoms with Gasteiger partial charge in [0.05, 0.1) is 12.1 Å². The van der Waals surface area contributed by atoms with E-state index in [2.05, 4.69) is 19.2 Å². The molecule has 0 radical (unpaired) electrons. The van der Waals surface area contributed by atoms with Crippen molar-refractivity contribution in [3.63, 3.8) is 0 Å². The van der Waals surface area contributed by atoms with Gasteiger partial charge < -0.3 is 15.0 Å². The highest BCUT2D eigenvalue weighted by atomic mass is 16.5. The average Bonchev–Trinajstić information content (AvgIpc) is 2.84. The Morgan fingerprint density at radius 3 is 2.65 bits per heavy atom. The molecule has 4 atom stereocenters. The van der Waals surface area contributed by atoms with Gasteiger partial charge in [-0.15, -0.1) is 0 Å². The maximum absolute atomic E-state index is 12.7. The van der Waals surface area contributed by atoms with Crippen molar-refractivity contribution in [2.45, 2.75) is 70.7 Å². The number of amides is 2. The summed E-state index contributed by atoms with van der Waals surface area (Å²) < 4.78 is 5.50. The Balaban J connectivity index is 2.19. The van der Waals surface area contributed by atoms with Crippen LogP contribution < -0.4 is 5.32 Å². The Labute approximate surface area is 121 Å². The van der Waals surface area contributed by atoms with Crippen LogP contribution in [0.5, 0.6) is 0 Å². The summed E-state index contributed by atoms with van der Waals surface area (Å²) in [4.78, 5) is 26.7. The first-order valence-corrected chi connectivity index (χ1v) is 7.61. The molecule has 1 heterocycles. The van der Waals surface area contributed by atoms with Gasteiger partial charge in [-0.1, -0.05) is 13.8 Å². The molecule has 0 aromatic rings. The molecule has 0 aromatic heterocycles. The summed E-state index contributed by atoms with van der Waals surface area (Å²) in [6.45, 7) is 5.94. The van der Waals surface area contributed by atoms with Gasteiger partial charge in [-0.2, -0.15) is 0 Å². The van der Waals surface area contributed by atoms with Crippen molar-refractivity contribution in [1.29, 1.82) is 0 Å². The molecule has 114 valence electrons. The first-order valence-electron chi connectivity index (χ1n) is 7.61. The number of piperazine rings is 1. The van der Waals surface area contributed by atoms with Crippen molar-refractivity contribution in [2.24, 2.45) is 5.92 Å². The molecular formula is C15H26N2O3. The fourth-order valence-electron chi connectivity index (χ4n) is 3.43. The van der Waals surface area contributed by atoms with E-state index >= 15 is 0 Å². The second-order valence-corrected chi connectivity index (χ2v) is 6.38. The monoisotopic (exact) mass is 282 g/mol. The topological polar surface area (TPSA) is 58.6 Å². The third-order valence-corrected chi connectivity index (χ3v) is 4.45. The molecule has 5 heteroatoms. The lowest BCUT2D eigenvalue weighted by Crippen LogP contribution is -2.66. The zero-order valence-electron chi connectivity index (χ0n) is 12.9. The Kier molecular flexibility index (Phi) is 4.68. The van der Waals surface area contributed by atoms with Crippen LogP contribution in [0.15, 0.2) is 0 Å². The second-order valence-electron chi connectivity index (χ2n) is 6.38. The van der Waals surface area contributed by atoms with Gasteiger partial charge in [0.15, 0.2) is 0 Å². The Morgan fingerprint density at radius 2 is 2.05 bits per heavy atom. The number of carbonyl (C=O) groups is 2. The van der Waals surface area contributed by atoms with Gasteiger partial charge in [0.25, 0.3) is 0 Å². The maximum Gasteiger partial charge on any atom is 0.246 e. The molecule has 1 saturated carbocycles. The molecule has 20 heavy (non-hydrogen) atoms. The smallest absolute Gasteiger partial charge is 0.246 e. The Hall–Kier alpha value is -1.10.